The second-order valence-electron chi connectivity index (χ2n) is 4.78. The number of amides is 1. The van der Waals surface area contributed by atoms with Gasteiger partial charge in [0.15, 0.2) is 17.7 Å². The first-order valence-electron chi connectivity index (χ1n) is 6.98. The third-order valence-electron chi connectivity index (χ3n) is 3.13. The molecule has 0 aliphatic carbocycles. The van der Waals surface area contributed by atoms with Crippen molar-refractivity contribution in [2.75, 3.05) is 19.5 Å². The van der Waals surface area contributed by atoms with Gasteiger partial charge in [0.1, 0.15) is 11.5 Å². The van der Waals surface area contributed by atoms with E-state index in [4.69, 9.17) is 14.2 Å². The lowest BCUT2D eigenvalue weighted by Crippen LogP contribution is -2.30. The van der Waals surface area contributed by atoms with Gasteiger partial charge in [-0.2, -0.15) is 0 Å². The van der Waals surface area contributed by atoms with E-state index in [0.29, 0.717) is 17.2 Å². The number of nitrogens with one attached hydrogen (secondary N) is 1. The fraction of sp³-hybridized carbons (Fsp3) is 0.235. The van der Waals surface area contributed by atoms with Crippen molar-refractivity contribution in [3.8, 4) is 17.2 Å². The molecule has 1 unspecified atom stereocenters. The quantitative estimate of drug-likeness (QED) is 0.888. The summed E-state index contributed by atoms with van der Waals surface area (Å²) in [7, 11) is 3.04. The van der Waals surface area contributed by atoms with Crippen LogP contribution in [0.2, 0.25) is 0 Å². The second-order valence-corrected chi connectivity index (χ2v) is 4.78. The highest BCUT2D eigenvalue weighted by atomic mass is 19.1. The van der Waals surface area contributed by atoms with Gasteiger partial charge in [-0.1, -0.05) is 12.1 Å². The zero-order valence-corrected chi connectivity index (χ0v) is 13.1. The number of hydrogen-bond acceptors (Lipinski definition) is 4. The number of hydrogen-bond donors (Lipinski definition) is 1. The van der Waals surface area contributed by atoms with Crippen LogP contribution in [0.25, 0.3) is 0 Å². The van der Waals surface area contributed by atoms with E-state index in [2.05, 4.69) is 5.32 Å². The Balaban J connectivity index is 2.08. The fourth-order valence-electron chi connectivity index (χ4n) is 1.91. The average Bonchev–Trinajstić information content (AvgIpc) is 2.56. The van der Waals surface area contributed by atoms with Gasteiger partial charge in [0, 0.05) is 23.9 Å². The Kier molecular flexibility index (Phi) is 5.41. The number of anilines is 1. The molecule has 0 saturated carbocycles. The molecular weight excluding hydrogens is 301 g/mol. The summed E-state index contributed by atoms with van der Waals surface area (Å²) in [6.45, 7) is 1.54. The lowest BCUT2D eigenvalue weighted by Gasteiger charge is -2.16. The molecule has 0 heterocycles. The van der Waals surface area contributed by atoms with Crippen LogP contribution < -0.4 is 19.5 Å². The maximum absolute atomic E-state index is 13.5. The molecule has 0 saturated heterocycles. The second kappa shape index (κ2) is 7.49. The summed E-state index contributed by atoms with van der Waals surface area (Å²) in [6, 6.07) is 10.9. The van der Waals surface area contributed by atoms with Crippen molar-refractivity contribution in [1.29, 1.82) is 0 Å². The van der Waals surface area contributed by atoms with Crippen LogP contribution in [0.5, 0.6) is 17.2 Å². The molecule has 23 heavy (non-hydrogen) atoms. The van der Waals surface area contributed by atoms with Crippen LogP contribution in [0, 0.1) is 5.82 Å². The number of carbonyl (C=O) groups is 1. The summed E-state index contributed by atoms with van der Waals surface area (Å²) in [5.41, 5.74) is 0.496. The molecule has 5 nitrogen and oxygen atoms in total. The topological polar surface area (TPSA) is 56.8 Å². The van der Waals surface area contributed by atoms with Gasteiger partial charge in [-0.15, -0.1) is 0 Å². The van der Waals surface area contributed by atoms with Gasteiger partial charge in [-0.25, -0.2) is 4.39 Å². The third-order valence-corrected chi connectivity index (χ3v) is 3.13. The molecule has 122 valence electrons. The van der Waals surface area contributed by atoms with Crippen molar-refractivity contribution in [2.45, 2.75) is 13.0 Å². The lowest BCUT2D eigenvalue weighted by atomic mass is 10.2. The highest BCUT2D eigenvalue weighted by Gasteiger charge is 2.17. The van der Waals surface area contributed by atoms with Gasteiger partial charge in [0.2, 0.25) is 0 Å². The van der Waals surface area contributed by atoms with Crippen molar-refractivity contribution in [3.63, 3.8) is 0 Å². The molecule has 2 aromatic carbocycles. The zero-order valence-electron chi connectivity index (χ0n) is 13.1. The minimum Gasteiger partial charge on any atom is -0.497 e. The van der Waals surface area contributed by atoms with E-state index in [1.165, 1.54) is 26.4 Å². The van der Waals surface area contributed by atoms with E-state index in [1.807, 2.05) is 0 Å². The number of halogens is 1. The number of carbonyl (C=O) groups excluding carboxylic acids is 1. The van der Waals surface area contributed by atoms with E-state index in [1.54, 1.807) is 37.3 Å². The minimum atomic E-state index is -0.871. The molecule has 1 amide bonds. The van der Waals surface area contributed by atoms with Gasteiger partial charge < -0.3 is 19.5 Å². The first-order chi connectivity index (χ1) is 11.0. The van der Waals surface area contributed by atoms with Crippen LogP contribution in [-0.2, 0) is 4.79 Å². The van der Waals surface area contributed by atoms with Gasteiger partial charge in [0.25, 0.3) is 5.91 Å². The Morgan fingerprint density at radius 3 is 2.26 bits per heavy atom. The van der Waals surface area contributed by atoms with E-state index < -0.39 is 17.8 Å². The number of para-hydroxylation sites is 1. The Bertz CT molecular complexity index is 668. The van der Waals surface area contributed by atoms with Crippen LogP contribution in [0.15, 0.2) is 42.5 Å². The van der Waals surface area contributed by atoms with Crippen molar-refractivity contribution in [1.82, 2.24) is 0 Å². The van der Waals surface area contributed by atoms with Crippen molar-refractivity contribution < 1.29 is 23.4 Å². The monoisotopic (exact) mass is 319 g/mol. The van der Waals surface area contributed by atoms with Crippen LogP contribution >= 0.6 is 0 Å². The van der Waals surface area contributed by atoms with Crippen LogP contribution in [-0.4, -0.2) is 26.2 Å². The maximum Gasteiger partial charge on any atom is 0.265 e. The van der Waals surface area contributed by atoms with Crippen molar-refractivity contribution in [2.24, 2.45) is 0 Å². The molecular formula is C17H18FNO4. The summed E-state index contributed by atoms with van der Waals surface area (Å²) in [5, 5.41) is 2.68. The Morgan fingerprint density at radius 1 is 1.09 bits per heavy atom. The van der Waals surface area contributed by atoms with Crippen molar-refractivity contribution in [3.05, 3.63) is 48.3 Å². The molecule has 0 radical (unpaired) electrons. The molecule has 0 spiro atoms. The molecule has 0 bridgehead atoms. The van der Waals surface area contributed by atoms with E-state index in [9.17, 15) is 9.18 Å². The summed E-state index contributed by atoms with van der Waals surface area (Å²) in [6.07, 6.45) is -0.871. The summed E-state index contributed by atoms with van der Waals surface area (Å²) < 4.78 is 29.2. The van der Waals surface area contributed by atoms with Gasteiger partial charge in [-0.3, -0.25) is 4.79 Å². The van der Waals surface area contributed by atoms with Crippen LogP contribution in [0.4, 0.5) is 10.1 Å². The lowest BCUT2D eigenvalue weighted by molar-refractivity contribution is -0.122. The first kappa shape index (κ1) is 16.6. The molecule has 2 aromatic rings. The predicted molar refractivity (Wildman–Crippen MR) is 84.7 cm³/mol. The third kappa shape index (κ3) is 4.35. The van der Waals surface area contributed by atoms with Crippen molar-refractivity contribution >= 4 is 11.6 Å². The Hall–Kier alpha value is -2.76. The molecule has 1 atom stereocenters. The average molecular weight is 319 g/mol. The molecule has 0 fully saturated rings. The highest BCUT2D eigenvalue weighted by Crippen LogP contribution is 2.26. The Labute approximate surface area is 134 Å². The summed E-state index contributed by atoms with van der Waals surface area (Å²) >= 11 is 0. The van der Waals surface area contributed by atoms with Gasteiger partial charge >= 0.3 is 0 Å². The molecule has 6 heteroatoms. The highest BCUT2D eigenvalue weighted by molar-refractivity contribution is 5.94. The minimum absolute atomic E-state index is 0.0263. The number of ether oxygens (including phenoxy) is 3. The molecule has 0 aromatic heterocycles. The van der Waals surface area contributed by atoms with Crippen LogP contribution in [0.1, 0.15) is 6.92 Å². The normalized spacial score (nSPS) is 11.5. The molecule has 0 aliphatic rings. The SMILES string of the molecule is COc1cc(NC(=O)C(C)Oc2ccccc2F)cc(OC)c1. The number of rotatable bonds is 6. The smallest absolute Gasteiger partial charge is 0.265 e. The fourth-order valence-corrected chi connectivity index (χ4v) is 1.91. The summed E-state index contributed by atoms with van der Waals surface area (Å²) in [5.74, 6) is 0.182. The van der Waals surface area contributed by atoms with E-state index in [-0.39, 0.29) is 5.75 Å². The number of methoxy groups -OCH3 is 2. The largest absolute Gasteiger partial charge is 0.497 e. The zero-order chi connectivity index (χ0) is 16.8. The Morgan fingerprint density at radius 2 is 1.70 bits per heavy atom. The van der Waals surface area contributed by atoms with Gasteiger partial charge in [-0.05, 0) is 19.1 Å². The van der Waals surface area contributed by atoms with Crippen LogP contribution in [0.3, 0.4) is 0 Å². The molecule has 2 rings (SSSR count). The van der Waals surface area contributed by atoms with Gasteiger partial charge in [0.05, 0.1) is 14.2 Å². The standard InChI is InChI=1S/C17H18FNO4/c1-11(23-16-7-5-4-6-15(16)18)17(20)19-12-8-13(21-2)10-14(9-12)22-3/h4-11H,1-3H3,(H,19,20). The number of benzene rings is 2. The first-order valence-corrected chi connectivity index (χ1v) is 6.98. The van der Waals surface area contributed by atoms with E-state index in [0.717, 1.165) is 0 Å². The molecule has 1 N–H and O–H groups in total. The predicted octanol–water partition coefficient (Wildman–Crippen LogP) is 3.25. The van der Waals surface area contributed by atoms with E-state index >= 15 is 0 Å². The molecule has 0 aliphatic heterocycles. The maximum atomic E-state index is 13.5. The summed E-state index contributed by atoms with van der Waals surface area (Å²) in [4.78, 5) is 12.2.